The summed E-state index contributed by atoms with van der Waals surface area (Å²) in [5.74, 6) is 0.682. The first-order valence-electron chi connectivity index (χ1n) is 4.47. The van der Waals surface area contributed by atoms with Gasteiger partial charge in [0.2, 0.25) is 0 Å². The monoisotopic (exact) mass is 252 g/mol. The Kier molecular flexibility index (Phi) is 8.27. The second-order valence-corrected chi connectivity index (χ2v) is 3.94. The molecule has 4 nitrogen and oxygen atoms in total. The van der Waals surface area contributed by atoms with Crippen molar-refractivity contribution in [2.75, 3.05) is 20.3 Å². The molecule has 16 heavy (non-hydrogen) atoms. The zero-order valence-electron chi connectivity index (χ0n) is 9.69. The van der Waals surface area contributed by atoms with Crippen LogP contribution in [0.15, 0.2) is 23.1 Å². The van der Waals surface area contributed by atoms with Crippen LogP contribution in [0.1, 0.15) is 5.56 Å². The van der Waals surface area contributed by atoms with Gasteiger partial charge in [0.1, 0.15) is 12.4 Å². The minimum Gasteiger partial charge on any atom is -0.768 e. The molecule has 0 heterocycles. The summed E-state index contributed by atoms with van der Waals surface area (Å²) in [6, 6.07) is 4.74. The summed E-state index contributed by atoms with van der Waals surface area (Å²) in [5.41, 5.74) is 0.799. The van der Waals surface area contributed by atoms with Crippen molar-refractivity contribution in [1.29, 1.82) is 0 Å². The molecular formula is C10H13NaO4S. The number of benzene rings is 1. The van der Waals surface area contributed by atoms with Crippen LogP contribution < -0.4 is 34.3 Å². The van der Waals surface area contributed by atoms with Gasteiger partial charge >= 0.3 is 29.6 Å². The molecular weight excluding hydrogens is 239 g/mol. The van der Waals surface area contributed by atoms with Gasteiger partial charge in [-0.15, -0.1) is 0 Å². The van der Waals surface area contributed by atoms with Crippen LogP contribution in [0.25, 0.3) is 0 Å². The van der Waals surface area contributed by atoms with Crippen molar-refractivity contribution in [2.24, 2.45) is 0 Å². The maximum absolute atomic E-state index is 10.7. The molecule has 0 spiro atoms. The normalized spacial score (nSPS) is 11.7. The molecule has 0 aliphatic heterocycles. The van der Waals surface area contributed by atoms with Crippen molar-refractivity contribution < 1.29 is 47.8 Å². The number of rotatable bonds is 5. The summed E-state index contributed by atoms with van der Waals surface area (Å²) < 4.78 is 31.6. The summed E-state index contributed by atoms with van der Waals surface area (Å²) >= 11 is -2.19. The molecule has 1 rings (SSSR count). The fourth-order valence-corrected chi connectivity index (χ4v) is 1.57. The smallest absolute Gasteiger partial charge is 0.768 e. The van der Waals surface area contributed by atoms with Crippen LogP contribution in [0.2, 0.25) is 0 Å². The molecule has 0 aliphatic rings. The van der Waals surface area contributed by atoms with E-state index in [2.05, 4.69) is 0 Å². The average molecular weight is 252 g/mol. The van der Waals surface area contributed by atoms with Crippen molar-refractivity contribution in [3.8, 4) is 5.75 Å². The first-order chi connectivity index (χ1) is 7.15. The average Bonchev–Trinajstić information content (AvgIpc) is 2.20. The summed E-state index contributed by atoms with van der Waals surface area (Å²) in [5, 5.41) is 0. The zero-order chi connectivity index (χ0) is 11.3. The fraction of sp³-hybridized carbons (Fsp3) is 0.400. The summed E-state index contributed by atoms with van der Waals surface area (Å²) in [6.45, 7) is 2.77. The van der Waals surface area contributed by atoms with Gasteiger partial charge in [-0.2, -0.15) is 0 Å². The van der Waals surface area contributed by atoms with Gasteiger partial charge in [-0.05, 0) is 41.8 Å². The Morgan fingerprint density at radius 1 is 1.38 bits per heavy atom. The topological polar surface area (TPSA) is 58.6 Å². The van der Waals surface area contributed by atoms with Gasteiger partial charge in [0.15, 0.2) is 0 Å². The van der Waals surface area contributed by atoms with Crippen LogP contribution in [0.5, 0.6) is 5.75 Å². The molecule has 0 saturated carbocycles. The van der Waals surface area contributed by atoms with Crippen molar-refractivity contribution in [1.82, 2.24) is 0 Å². The SMILES string of the molecule is COCCOc1ccc(S(=O)[O-])cc1C.[Na+]. The van der Waals surface area contributed by atoms with Gasteiger partial charge < -0.3 is 14.0 Å². The van der Waals surface area contributed by atoms with E-state index in [0.29, 0.717) is 19.0 Å². The van der Waals surface area contributed by atoms with Gasteiger partial charge in [0.05, 0.1) is 6.61 Å². The van der Waals surface area contributed by atoms with E-state index in [0.717, 1.165) is 5.56 Å². The van der Waals surface area contributed by atoms with Crippen molar-refractivity contribution in [3.63, 3.8) is 0 Å². The molecule has 0 amide bonds. The van der Waals surface area contributed by atoms with E-state index in [9.17, 15) is 8.76 Å². The van der Waals surface area contributed by atoms with E-state index in [1.165, 1.54) is 6.07 Å². The molecule has 0 bridgehead atoms. The van der Waals surface area contributed by atoms with E-state index >= 15 is 0 Å². The predicted octanol–water partition coefficient (Wildman–Crippen LogP) is -1.74. The maximum Gasteiger partial charge on any atom is 1.00 e. The number of hydrogen-bond acceptors (Lipinski definition) is 4. The van der Waals surface area contributed by atoms with Crippen LogP contribution in [0.4, 0.5) is 0 Å². The summed E-state index contributed by atoms with van der Waals surface area (Å²) in [7, 11) is 1.60. The quantitative estimate of drug-likeness (QED) is 0.355. The molecule has 6 heteroatoms. The Labute approximate surface area is 120 Å². The van der Waals surface area contributed by atoms with Crippen LogP contribution in [0.3, 0.4) is 0 Å². The third-order valence-electron chi connectivity index (χ3n) is 1.88. The summed E-state index contributed by atoms with van der Waals surface area (Å²) in [6.07, 6.45) is 0. The Morgan fingerprint density at radius 3 is 2.56 bits per heavy atom. The largest absolute Gasteiger partial charge is 1.00 e. The standard InChI is InChI=1S/C10H14O4S.Na/c1-8-7-9(15(11)12)3-4-10(8)14-6-5-13-2;/h3-4,7H,5-6H2,1-2H3,(H,11,12);/q;+1/p-1. The van der Waals surface area contributed by atoms with E-state index in [-0.39, 0.29) is 34.5 Å². The predicted molar refractivity (Wildman–Crippen MR) is 55.7 cm³/mol. The molecule has 0 aliphatic carbocycles. The molecule has 84 valence electrons. The Hall–Kier alpha value is 0.0900. The Balaban J connectivity index is 0.00000225. The van der Waals surface area contributed by atoms with Gasteiger partial charge in [-0.3, -0.25) is 4.21 Å². The van der Waals surface area contributed by atoms with Crippen molar-refractivity contribution >= 4 is 11.1 Å². The molecule has 1 unspecified atom stereocenters. The molecule has 0 radical (unpaired) electrons. The number of ether oxygens (including phenoxy) is 2. The molecule has 0 saturated heterocycles. The molecule has 1 atom stereocenters. The van der Waals surface area contributed by atoms with Crippen molar-refractivity contribution in [3.05, 3.63) is 23.8 Å². The van der Waals surface area contributed by atoms with E-state index in [4.69, 9.17) is 9.47 Å². The van der Waals surface area contributed by atoms with E-state index in [1.807, 2.05) is 0 Å². The van der Waals surface area contributed by atoms with Gasteiger partial charge in [0, 0.05) is 12.0 Å². The minimum atomic E-state index is -2.19. The van der Waals surface area contributed by atoms with Crippen LogP contribution in [-0.4, -0.2) is 29.1 Å². The van der Waals surface area contributed by atoms with Gasteiger partial charge in [-0.1, -0.05) is 0 Å². The first kappa shape index (κ1) is 16.1. The molecule has 0 aromatic heterocycles. The van der Waals surface area contributed by atoms with E-state index < -0.39 is 11.1 Å². The maximum atomic E-state index is 10.7. The van der Waals surface area contributed by atoms with Crippen LogP contribution >= 0.6 is 0 Å². The van der Waals surface area contributed by atoms with Crippen LogP contribution in [0, 0.1) is 6.92 Å². The molecule has 1 aromatic rings. The fourth-order valence-electron chi connectivity index (χ4n) is 1.12. The Morgan fingerprint density at radius 2 is 2.06 bits per heavy atom. The van der Waals surface area contributed by atoms with Gasteiger partial charge in [0.25, 0.3) is 0 Å². The number of hydrogen-bond donors (Lipinski definition) is 0. The third-order valence-corrected chi connectivity index (χ3v) is 2.52. The Bertz CT molecular complexity index is 357. The molecule has 1 aromatic carbocycles. The first-order valence-corrected chi connectivity index (χ1v) is 5.54. The molecule has 0 fully saturated rings. The molecule has 0 N–H and O–H groups in total. The van der Waals surface area contributed by atoms with Crippen LogP contribution in [-0.2, 0) is 15.8 Å². The minimum absolute atomic E-state index is 0. The number of aryl methyl sites for hydroxylation is 1. The second-order valence-electron chi connectivity index (χ2n) is 3.00. The number of methoxy groups -OCH3 is 1. The van der Waals surface area contributed by atoms with Gasteiger partial charge in [-0.25, -0.2) is 0 Å². The second kappa shape index (κ2) is 8.22. The summed E-state index contributed by atoms with van der Waals surface area (Å²) in [4.78, 5) is 0.270. The van der Waals surface area contributed by atoms with Crippen molar-refractivity contribution in [2.45, 2.75) is 11.8 Å². The zero-order valence-corrected chi connectivity index (χ0v) is 12.5. The van der Waals surface area contributed by atoms with E-state index in [1.54, 1.807) is 26.2 Å². The third kappa shape index (κ3) is 4.95.